The maximum atomic E-state index is 12.2. The molecule has 0 aliphatic carbocycles. The second-order valence-electron chi connectivity index (χ2n) is 6.43. The number of carbonyl (C=O) groups is 1. The third kappa shape index (κ3) is 3.76. The standard InChI is InChI=1S/C20H21N3O2/c1-12(2)21-19(24)16-7-5-6-15(11-16)18-22-20(25-23-18)17-9-8-13(3)14(4)10-17/h5-12H,1-4H3,(H,21,24). The Morgan fingerprint density at radius 2 is 1.84 bits per heavy atom. The Kier molecular flexibility index (Phi) is 4.65. The molecule has 0 aliphatic heterocycles. The quantitative estimate of drug-likeness (QED) is 0.777. The first-order valence-electron chi connectivity index (χ1n) is 8.26. The van der Waals surface area contributed by atoms with Crippen LogP contribution in [0.25, 0.3) is 22.8 Å². The molecule has 0 saturated carbocycles. The number of hydrogen-bond acceptors (Lipinski definition) is 4. The number of hydrogen-bond donors (Lipinski definition) is 1. The van der Waals surface area contributed by atoms with E-state index >= 15 is 0 Å². The predicted molar refractivity (Wildman–Crippen MR) is 97.2 cm³/mol. The van der Waals surface area contributed by atoms with Crippen molar-refractivity contribution in [1.82, 2.24) is 15.5 Å². The molecule has 0 unspecified atom stereocenters. The monoisotopic (exact) mass is 335 g/mol. The molecule has 0 atom stereocenters. The van der Waals surface area contributed by atoms with Gasteiger partial charge in [-0.15, -0.1) is 0 Å². The molecule has 1 aromatic heterocycles. The van der Waals surface area contributed by atoms with Crippen molar-refractivity contribution in [2.75, 3.05) is 0 Å². The van der Waals surface area contributed by atoms with Gasteiger partial charge in [0.2, 0.25) is 5.82 Å². The highest BCUT2D eigenvalue weighted by molar-refractivity contribution is 5.95. The molecule has 0 aliphatic rings. The number of nitrogens with one attached hydrogen (secondary N) is 1. The average molecular weight is 335 g/mol. The van der Waals surface area contributed by atoms with E-state index < -0.39 is 0 Å². The molecule has 25 heavy (non-hydrogen) atoms. The van der Waals surface area contributed by atoms with Crippen molar-refractivity contribution in [2.45, 2.75) is 33.7 Å². The second-order valence-corrected chi connectivity index (χ2v) is 6.43. The van der Waals surface area contributed by atoms with Crippen molar-refractivity contribution in [3.63, 3.8) is 0 Å². The van der Waals surface area contributed by atoms with Crippen molar-refractivity contribution < 1.29 is 9.32 Å². The summed E-state index contributed by atoms with van der Waals surface area (Å²) in [5.41, 5.74) is 4.59. The molecule has 0 fully saturated rings. The SMILES string of the molecule is Cc1ccc(-c2nc(-c3cccc(C(=O)NC(C)C)c3)no2)cc1C. The minimum absolute atomic E-state index is 0.0812. The summed E-state index contributed by atoms with van der Waals surface area (Å²) < 4.78 is 5.40. The van der Waals surface area contributed by atoms with Crippen molar-refractivity contribution in [3.8, 4) is 22.8 Å². The first-order valence-corrected chi connectivity index (χ1v) is 8.26. The van der Waals surface area contributed by atoms with Gasteiger partial charge in [-0.3, -0.25) is 4.79 Å². The van der Waals surface area contributed by atoms with E-state index in [1.807, 2.05) is 51.1 Å². The second kappa shape index (κ2) is 6.89. The van der Waals surface area contributed by atoms with Crippen LogP contribution in [0.5, 0.6) is 0 Å². The van der Waals surface area contributed by atoms with Crippen LogP contribution in [0.1, 0.15) is 35.3 Å². The molecule has 0 saturated heterocycles. The highest BCUT2D eigenvalue weighted by atomic mass is 16.5. The fourth-order valence-corrected chi connectivity index (χ4v) is 2.48. The highest BCUT2D eigenvalue weighted by Gasteiger charge is 2.13. The van der Waals surface area contributed by atoms with E-state index in [0.29, 0.717) is 17.3 Å². The van der Waals surface area contributed by atoms with Crippen LogP contribution >= 0.6 is 0 Å². The molecular formula is C20H21N3O2. The number of amides is 1. The lowest BCUT2D eigenvalue weighted by molar-refractivity contribution is 0.0943. The molecule has 128 valence electrons. The summed E-state index contributed by atoms with van der Waals surface area (Å²) in [7, 11) is 0. The van der Waals surface area contributed by atoms with Crippen molar-refractivity contribution in [2.24, 2.45) is 0 Å². The molecule has 2 aromatic carbocycles. The van der Waals surface area contributed by atoms with Crippen LogP contribution in [0, 0.1) is 13.8 Å². The molecule has 0 bridgehead atoms. The molecule has 0 radical (unpaired) electrons. The molecule has 0 spiro atoms. The van der Waals surface area contributed by atoms with Crippen LogP contribution in [0.15, 0.2) is 47.0 Å². The Bertz CT molecular complexity index is 913. The Morgan fingerprint density at radius 1 is 1.04 bits per heavy atom. The van der Waals surface area contributed by atoms with Gasteiger partial charge in [-0.25, -0.2) is 0 Å². The number of aromatic nitrogens is 2. The average Bonchev–Trinajstić information content (AvgIpc) is 3.07. The third-order valence-corrected chi connectivity index (χ3v) is 3.98. The minimum Gasteiger partial charge on any atom is -0.350 e. The molecule has 5 nitrogen and oxygen atoms in total. The van der Waals surface area contributed by atoms with Crippen LogP contribution in [0.4, 0.5) is 0 Å². The summed E-state index contributed by atoms with van der Waals surface area (Å²) in [6.45, 7) is 7.96. The Morgan fingerprint density at radius 3 is 2.56 bits per heavy atom. The van der Waals surface area contributed by atoms with Gasteiger partial charge in [0, 0.05) is 22.7 Å². The normalized spacial score (nSPS) is 10.9. The molecule has 1 N–H and O–H groups in total. The van der Waals surface area contributed by atoms with Crippen LogP contribution in [-0.4, -0.2) is 22.1 Å². The maximum Gasteiger partial charge on any atom is 0.258 e. The topological polar surface area (TPSA) is 68.0 Å². The summed E-state index contributed by atoms with van der Waals surface area (Å²) in [5, 5.41) is 6.94. The van der Waals surface area contributed by atoms with E-state index in [0.717, 1.165) is 11.1 Å². The zero-order valence-corrected chi connectivity index (χ0v) is 14.8. The van der Waals surface area contributed by atoms with Gasteiger partial charge in [0.1, 0.15) is 0 Å². The highest BCUT2D eigenvalue weighted by Crippen LogP contribution is 2.24. The molecule has 1 heterocycles. The van der Waals surface area contributed by atoms with Crippen molar-refractivity contribution in [3.05, 3.63) is 59.2 Å². The Hall–Kier alpha value is -2.95. The number of rotatable bonds is 4. The maximum absolute atomic E-state index is 12.2. The Labute approximate surface area is 147 Å². The van der Waals surface area contributed by atoms with Gasteiger partial charge in [0.05, 0.1) is 0 Å². The van der Waals surface area contributed by atoms with Crippen LogP contribution in [0.2, 0.25) is 0 Å². The lowest BCUT2D eigenvalue weighted by Crippen LogP contribution is -2.30. The van der Waals surface area contributed by atoms with E-state index in [1.165, 1.54) is 11.1 Å². The molecule has 5 heteroatoms. The van der Waals surface area contributed by atoms with Gasteiger partial charge >= 0.3 is 0 Å². The zero-order valence-electron chi connectivity index (χ0n) is 14.8. The lowest BCUT2D eigenvalue weighted by Gasteiger charge is -2.08. The summed E-state index contributed by atoms with van der Waals surface area (Å²) in [4.78, 5) is 16.6. The fourth-order valence-electron chi connectivity index (χ4n) is 2.48. The number of aryl methyl sites for hydroxylation is 2. The number of benzene rings is 2. The van der Waals surface area contributed by atoms with E-state index in [2.05, 4.69) is 22.4 Å². The first kappa shape index (κ1) is 16.9. The largest absolute Gasteiger partial charge is 0.350 e. The van der Waals surface area contributed by atoms with Crippen LogP contribution in [0.3, 0.4) is 0 Å². The fraction of sp³-hybridized carbons (Fsp3) is 0.250. The van der Waals surface area contributed by atoms with Crippen LogP contribution < -0.4 is 5.32 Å². The van der Waals surface area contributed by atoms with E-state index in [4.69, 9.17) is 4.52 Å². The van der Waals surface area contributed by atoms with Gasteiger partial charge in [-0.1, -0.05) is 23.4 Å². The van der Waals surface area contributed by atoms with Gasteiger partial charge in [0.15, 0.2) is 0 Å². The third-order valence-electron chi connectivity index (χ3n) is 3.98. The molecule has 3 aromatic rings. The van der Waals surface area contributed by atoms with Crippen molar-refractivity contribution >= 4 is 5.91 Å². The van der Waals surface area contributed by atoms with Gasteiger partial charge in [-0.2, -0.15) is 4.98 Å². The van der Waals surface area contributed by atoms with E-state index in [1.54, 1.807) is 12.1 Å². The van der Waals surface area contributed by atoms with Crippen LogP contribution in [-0.2, 0) is 0 Å². The smallest absolute Gasteiger partial charge is 0.258 e. The minimum atomic E-state index is -0.116. The number of nitrogens with zero attached hydrogens (tertiary/aromatic N) is 2. The van der Waals surface area contributed by atoms with Gasteiger partial charge in [-0.05, 0) is 63.1 Å². The molecule has 3 rings (SSSR count). The molecular weight excluding hydrogens is 314 g/mol. The lowest BCUT2D eigenvalue weighted by atomic mass is 10.1. The Balaban J connectivity index is 1.89. The number of carbonyl (C=O) groups excluding carboxylic acids is 1. The molecule has 1 amide bonds. The zero-order chi connectivity index (χ0) is 18.0. The summed E-state index contributed by atoms with van der Waals surface area (Å²) in [6, 6.07) is 13.3. The predicted octanol–water partition coefficient (Wildman–Crippen LogP) is 4.16. The van der Waals surface area contributed by atoms with Gasteiger partial charge < -0.3 is 9.84 Å². The summed E-state index contributed by atoms with van der Waals surface area (Å²) >= 11 is 0. The van der Waals surface area contributed by atoms with Crippen molar-refractivity contribution in [1.29, 1.82) is 0 Å². The van der Waals surface area contributed by atoms with E-state index in [-0.39, 0.29) is 11.9 Å². The summed E-state index contributed by atoms with van der Waals surface area (Å²) in [6.07, 6.45) is 0. The van der Waals surface area contributed by atoms with Gasteiger partial charge in [0.25, 0.3) is 11.8 Å². The summed E-state index contributed by atoms with van der Waals surface area (Å²) in [5.74, 6) is 0.817. The first-order chi connectivity index (χ1) is 11.9. The van der Waals surface area contributed by atoms with E-state index in [9.17, 15) is 4.79 Å².